The summed E-state index contributed by atoms with van der Waals surface area (Å²) in [4.78, 5) is 19.0. The van der Waals surface area contributed by atoms with Gasteiger partial charge in [-0.2, -0.15) is 0 Å². The Morgan fingerprint density at radius 1 is 0.692 bits per heavy atom. The molecule has 4 rings (SSSR count). The van der Waals surface area contributed by atoms with Gasteiger partial charge in [-0.05, 0) is 26.1 Å². The Balaban J connectivity index is 1.45. The third-order valence-corrected chi connectivity index (χ3v) is 5.36. The van der Waals surface area contributed by atoms with Crippen LogP contribution in [0.25, 0.3) is 0 Å². The van der Waals surface area contributed by atoms with Gasteiger partial charge in [-0.15, -0.1) is 0 Å². The first kappa shape index (κ1) is 17.1. The average Bonchev–Trinajstić information content (AvgIpc) is 2.69. The van der Waals surface area contributed by atoms with Crippen LogP contribution in [0.4, 0.5) is 17.3 Å². The lowest BCUT2D eigenvalue weighted by atomic mass is 10.2. The third-order valence-electron chi connectivity index (χ3n) is 5.36. The van der Waals surface area contributed by atoms with Crippen LogP contribution < -0.4 is 14.7 Å². The molecule has 2 fully saturated rings. The molecular weight excluding hydrogens is 324 g/mol. The van der Waals surface area contributed by atoms with Gasteiger partial charge in [0.15, 0.2) is 0 Å². The Hall–Kier alpha value is -2.34. The molecule has 2 aliphatic heterocycles. The minimum atomic E-state index is 0.863. The van der Waals surface area contributed by atoms with Gasteiger partial charge in [-0.25, -0.2) is 9.97 Å². The number of hydrogen-bond donors (Lipinski definition) is 0. The fourth-order valence-corrected chi connectivity index (χ4v) is 3.73. The fraction of sp³-hybridized carbons (Fsp3) is 0.500. The van der Waals surface area contributed by atoms with E-state index in [4.69, 9.17) is 9.97 Å². The predicted molar refractivity (Wildman–Crippen MR) is 107 cm³/mol. The lowest BCUT2D eigenvalue weighted by Gasteiger charge is -2.37. The summed E-state index contributed by atoms with van der Waals surface area (Å²) in [6, 6.07) is 12.8. The van der Waals surface area contributed by atoms with Crippen LogP contribution in [0.1, 0.15) is 5.82 Å². The first-order chi connectivity index (χ1) is 12.7. The van der Waals surface area contributed by atoms with Gasteiger partial charge >= 0.3 is 0 Å². The quantitative estimate of drug-likeness (QED) is 0.840. The molecule has 2 aromatic rings. The van der Waals surface area contributed by atoms with Gasteiger partial charge in [-0.3, -0.25) is 0 Å². The molecule has 0 bridgehead atoms. The minimum absolute atomic E-state index is 0.863. The molecule has 0 spiro atoms. The zero-order valence-corrected chi connectivity index (χ0v) is 15.8. The Labute approximate surface area is 156 Å². The van der Waals surface area contributed by atoms with E-state index in [0.717, 1.165) is 69.8 Å². The molecule has 0 saturated carbocycles. The summed E-state index contributed by atoms with van der Waals surface area (Å²) < 4.78 is 0. The van der Waals surface area contributed by atoms with E-state index >= 15 is 0 Å². The van der Waals surface area contributed by atoms with Crippen molar-refractivity contribution in [1.82, 2.24) is 14.9 Å². The summed E-state index contributed by atoms with van der Waals surface area (Å²) >= 11 is 0. The Bertz CT molecular complexity index is 718. The second-order valence-corrected chi connectivity index (χ2v) is 7.23. The SMILES string of the molecule is Cc1nc(N2CCN(C)CC2)cc(N2CCN(c3ccccc3)CC2)n1. The van der Waals surface area contributed by atoms with Crippen molar-refractivity contribution in [2.75, 3.05) is 74.1 Å². The fourth-order valence-electron chi connectivity index (χ4n) is 3.73. The van der Waals surface area contributed by atoms with Gasteiger partial charge < -0.3 is 19.6 Å². The standard InChI is InChI=1S/C20H28N6/c1-17-21-19(25-10-8-23(2)9-11-25)16-20(22-17)26-14-12-24(13-15-26)18-6-4-3-5-7-18/h3-7,16H,8-15H2,1-2H3. The summed E-state index contributed by atoms with van der Waals surface area (Å²) in [7, 11) is 2.18. The van der Waals surface area contributed by atoms with E-state index in [1.165, 1.54) is 5.69 Å². The van der Waals surface area contributed by atoms with E-state index in [1.807, 2.05) is 6.92 Å². The van der Waals surface area contributed by atoms with E-state index in [2.05, 4.69) is 63.0 Å². The van der Waals surface area contributed by atoms with Crippen molar-refractivity contribution in [1.29, 1.82) is 0 Å². The summed E-state index contributed by atoms with van der Waals surface area (Å²) in [5.74, 6) is 3.01. The second-order valence-electron chi connectivity index (χ2n) is 7.23. The number of aryl methyl sites for hydroxylation is 1. The maximum Gasteiger partial charge on any atom is 0.134 e. The highest BCUT2D eigenvalue weighted by atomic mass is 15.3. The molecule has 6 heteroatoms. The van der Waals surface area contributed by atoms with E-state index in [1.54, 1.807) is 0 Å². The second kappa shape index (κ2) is 7.50. The van der Waals surface area contributed by atoms with E-state index in [9.17, 15) is 0 Å². The summed E-state index contributed by atoms with van der Waals surface area (Å²) in [5, 5.41) is 0. The highest BCUT2D eigenvalue weighted by molar-refractivity contribution is 5.53. The van der Waals surface area contributed by atoms with Gasteiger partial charge in [0.2, 0.25) is 0 Å². The van der Waals surface area contributed by atoms with Gasteiger partial charge in [-0.1, -0.05) is 18.2 Å². The first-order valence-corrected chi connectivity index (χ1v) is 9.53. The molecule has 138 valence electrons. The molecule has 0 N–H and O–H groups in total. The molecule has 1 aromatic heterocycles. The zero-order chi connectivity index (χ0) is 17.9. The highest BCUT2D eigenvalue weighted by Gasteiger charge is 2.21. The maximum atomic E-state index is 4.72. The molecule has 0 amide bonds. The predicted octanol–water partition coefficient (Wildman–Crippen LogP) is 1.86. The smallest absolute Gasteiger partial charge is 0.134 e. The number of likely N-dealkylation sites (N-methyl/N-ethyl adjacent to an activating group) is 1. The van der Waals surface area contributed by atoms with Crippen LogP contribution in [0, 0.1) is 6.92 Å². The molecule has 26 heavy (non-hydrogen) atoms. The molecule has 3 heterocycles. The lowest BCUT2D eigenvalue weighted by molar-refractivity contribution is 0.312. The molecular formula is C20H28N6. The van der Waals surface area contributed by atoms with Gasteiger partial charge in [0.1, 0.15) is 17.5 Å². The minimum Gasteiger partial charge on any atom is -0.368 e. The maximum absolute atomic E-state index is 4.72. The van der Waals surface area contributed by atoms with Crippen molar-refractivity contribution >= 4 is 17.3 Å². The van der Waals surface area contributed by atoms with Crippen molar-refractivity contribution in [3.8, 4) is 0 Å². The van der Waals surface area contributed by atoms with Gasteiger partial charge in [0, 0.05) is 64.1 Å². The lowest BCUT2D eigenvalue weighted by Crippen LogP contribution is -2.47. The summed E-state index contributed by atoms with van der Waals surface area (Å²) in [6.45, 7) is 10.3. The number of aromatic nitrogens is 2. The Kier molecular flexibility index (Phi) is 4.93. The van der Waals surface area contributed by atoms with E-state index in [-0.39, 0.29) is 0 Å². The number of benzene rings is 1. The van der Waals surface area contributed by atoms with Crippen LogP contribution in [0.3, 0.4) is 0 Å². The van der Waals surface area contributed by atoms with Gasteiger partial charge in [0.05, 0.1) is 0 Å². The van der Waals surface area contributed by atoms with E-state index < -0.39 is 0 Å². The zero-order valence-electron chi connectivity index (χ0n) is 15.8. The first-order valence-electron chi connectivity index (χ1n) is 9.53. The van der Waals surface area contributed by atoms with Crippen LogP contribution in [0.5, 0.6) is 0 Å². The van der Waals surface area contributed by atoms with E-state index in [0.29, 0.717) is 0 Å². The third kappa shape index (κ3) is 3.75. The van der Waals surface area contributed by atoms with Crippen LogP contribution in [-0.4, -0.2) is 74.3 Å². The van der Waals surface area contributed by atoms with Crippen molar-refractivity contribution in [2.45, 2.75) is 6.92 Å². The molecule has 0 unspecified atom stereocenters. The van der Waals surface area contributed by atoms with Crippen molar-refractivity contribution < 1.29 is 0 Å². The number of anilines is 3. The van der Waals surface area contributed by atoms with Crippen molar-refractivity contribution in [3.63, 3.8) is 0 Å². The van der Waals surface area contributed by atoms with Crippen LogP contribution >= 0.6 is 0 Å². The molecule has 0 radical (unpaired) electrons. The van der Waals surface area contributed by atoms with Crippen LogP contribution in [-0.2, 0) is 0 Å². The van der Waals surface area contributed by atoms with Crippen LogP contribution in [0.2, 0.25) is 0 Å². The Morgan fingerprint density at radius 3 is 1.77 bits per heavy atom. The van der Waals surface area contributed by atoms with Crippen molar-refractivity contribution in [2.24, 2.45) is 0 Å². The molecule has 1 aromatic carbocycles. The van der Waals surface area contributed by atoms with Crippen LogP contribution in [0.15, 0.2) is 36.4 Å². The number of nitrogens with zero attached hydrogens (tertiary/aromatic N) is 6. The number of piperazine rings is 2. The topological polar surface area (TPSA) is 38.7 Å². The molecule has 0 atom stereocenters. The van der Waals surface area contributed by atoms with Gasteiger partial charge in [0.25, 0.3) is 0 Å². The summed E-state index contributed by atoms with van der Waals surface area (Å²) in [5.41, 5.74) is 1.31. The monoisotopic (exact) mass is 352 g/mol. The molecule has 0 aliphatic carbocycles. The average molecular weight is 352 g/mol. The summed E-state index contributed by atoms with van der Waals surface area (Å²) in [6.07, 6.45) is 0. The number of hydrogen-bond acceptors (Lipinski definition) is 6. The normalized spacial score (nSPS) is 19.1. The highest BCUT2D eigenvalue weighted by Crippen LogP contribution is 2.23. The Morgan fingerprint density at radius 2 is 1.19 bits per heavy atom. The van der Waals surface area contributed by atoms with Crippen molar-refractivity contribution in [3.05, 3.63) is 42.2 Å². The number of para-hydroxylation sites is 1. The molecule has 2 saturated heterocycles. The largest absolute Gasteiger partial charge is 0.368 e. The molecule has 6 nitrogen and oxygen atoms in total. The number of rotatable bonds is 3. The molecule has 2 aliphatic rings.